The van der Waals surface area contributed by atoms with Crippen LogP contribution in [0.25, 0.3) is 16.9 Å². The highest BCUT2D eigenvalue weighted by molar-refractivity contribution is 6.00. The normalized spacial score (nSPS) is 23.8. The topological polar surface area (TPSA) is 157 Å². The van der Waals surface area contributed by atoms with Crippen LogP contribution in [0.3, 0.4) is 0 Å². The van der Waals surface area contributed by atoms with Crippen molar-refractivity contribution in [3.63, 3.8) is 0 Å². The van der Waals surface area contributed by atoms with Crippen molar-refractivity contribution in [2.75, 3.05) is 25.1 Å². The van der Waals surface area contributed by atoms with Crippen molar-refractivity contribution in [2.24, 2.45) is 5.41 Å². The molecule has 7 rings (SSSR count). The highest BCUT2D eigenvalue weighted by Gasteiger charge is 2.53. The van der Waals surface area contributed by atoms with Crippen molar-refractivity contribution in [3.05, 3.63) is 47.8 Å². The van der Waals surface area contributed by atoms with Crippen molar-refractivity contribution in [1.82, 2.24) is 25.2 Å². The van der Waals surface area contributed by atoms with Crippen LogP contribution < -0.4 is 16.0 Å². The van der Waals surface area contributed by atoms with Gasteiger partial charge in [0.2, 0.25) is 5.91 Å². The monoisotopic (exact) mass is 524 g/mol. The van der Waals surface area contributed by atoms with Gasteiger partial charge in [-0.1, -0.05) is 0 Å². The molecule has 3 aliphatic carbocycles. The average Bonchev–Trinajstić information content (AvgIpc) is 3.37. The summed E-state index contributed by atoms with van der Waals surface area (Å²) < 4.78 is 6.92. The third-order valence-corrected chi connectivity index (χ3v) is 8.47. The van der Waals surface area contributed by atoms with Crippen molar-refractivity contribution in [2.45, 2.75) is 50.1 Å². The van der Waals surface area contributed by atoms with Crippen molar-refractivity contribution in [1.29, 1.82) is 10.5 Å². The first-order valence-corrected chi connectivity index (χ1v) is 13.1. The summed E-state index contributed by atoms with van der Waals surface area (Å²) in [6, 6.07) is 11.5. The number of pyridine rings is 1. The van der Waals surface area contributed by atoms with Gasteiger partial charge >= 0.3 is 0 Å². The lowest BCUT2D eigenvalue weighted by atomic mass is 9.56. The van der Waals surface area contributed by atoms with E-state index in [4.69, 9.17) is 10.00 Å². The van der Waals surface area contributed by atoms with E-state index >= 15 is 0 Å². The van der Waals surface area contributed by atoms with E-state index < -0.39 is 0 Å². The number of fused-ring (bicyclic) bond motifs is 4. The minimum absolute atomic E-state index is 0.108. The first-order valence-electron chi connectivity index (χ1n) is 13.1. The summed E-state index contributed by atoms with van der Waals surface area (Å²) in [7, 11) is 0. The Hall–Kier alpha value is -4.48. The molecule has 1 aliphatic heterocycles. The molecular formula is C28H28N8O3. The van der Waals surface area contributed by atoms with E-state index in [1.807, 2.05) is 24.3 Å². The Morgan fingerprint density at radius 3 is 2.51 bits per heavy atom. The Bertz CT molecular complexity index is 1520. The minimum atomic E-state index is -0.380. The second-order valence-electron chi connectivity index (χ2n) is 10.8. The number of carbonyl (C=O) groups excluding carboxylic acids is 2. The van der Waals surface area contributed by atoms with E-state index in [2.05, 4.69) is 32.1 Å². The molecule has 1 saturated heterocycles. The molecule has 4 aliphatic rings. The van der Waals surface area contributed by atoms with E-state index in [1.54, 1.807) is 10.6 Å². The molecule has 2 bridgehead atoms. The summed E-state index contributed by atoms with van der Waals surface area (Å²) in [5.41, 5.74) is 2.97. The maximum atomic E-state index is 13.1. The first-order chi connectivity index (χ1) is 18.9. The Morgan fingerprint density at radius 1 is 1.08 bits per heavy atom. The lowest BCUT2D eigenvalue weighted by Gasteiger charge is -2.53. The number of carbonyl (C=O) groups is 2. The van der Waals surface area contributed by atoms with Crippen LogP contribution >= 0.6 is 0 Å². The van der Waals surface area contributed by atoms with Crippen LogP contribution in [0.5, 0.6) is 0 Å². The summed E-state index contributed by atoms with van der Waals surface area (Å²) in [6.45, 7) is 1.06. The molecule has 0 aromatic carbocycles. The molecule has 3 saturated carbocycles. The minimum Gasteiger partial charge on any atom is -0.379 e. The fourth-order valence-electron chi connectivity index (χ4n) is 6.01. The molecule has 4 heterocycles. The van der Waals surface area contributed by atoms with Crippen LogP contribution in [-0.2, 0) is 9.53 Å². The van der Waals surface area contributed by atoms with Gasteiger partial charge in [0.1, 0.15) is 12.6 Å². The van der Waals surface area contributed by atoms with E-state index in [0.717, 1.165) is 49.7 Å². The van der Waals surface area contributed by atoms with Gasteiger partial charge in [-0.15, -0.1) is 0 Å². The second kappa shape index (κ2) is 9.68. The van der Waals surface area contributed by atoms with Gasteiger partial charge in [0.15, 0.2) is 0 Å². The van der Waals surface area contributed by atoms with Gasteiger partial charge in [-0.25, -0.2) is 4.52 Å². The molecular weight excluding hydrogens is 496 g/mol. The fraction of sp³-hybridized carbons (Fsp3) is 0.429. The van der Waals surface area contributed by atoms with E-state index in [1.165, 1.54) is 12.4 Å². The molecule has 2 amide bonds. The third kappa shape index (κ3) is 4.45. The van der Waals surface area contributed by atoms with Crippen LogP contribution in [0.1, 0.15) is 54.4 Å². The molecule has 0 spiro atoms. The summed E-state index contributed by atoms with van der Waals surface area (Å²) >= 11 is 0. The molecule has 39 heavy (non-hydrogen) atoms. The van der Waals surface area contributed by atoms with Crippen molar-refractivity contribution in [3.8, 4) is 23.5 Å². The fourth-order valence-corrected chi connectivity index (χ4v) is 6.01. The second-order valence-corrected chi connectivity index (χ2v) is 10.8. The highest BCUT2D eigenvalue weighted by atomic mass is 16.5. The van der Waals surface area contributed by atoms with E-state index in [-0.39, 0.29) is 35.4 Å². The SMILES string of the molecule is N#CCNC(=O)c1cnc(-c2ccc3cc(C#N)cnn23)cc1NC12CCC(C(=O)NC3COC3)(CC1)CC2. The number of rotatable bonds is 7. The lowest BCUT2D eigenvalue weighted by Crippen LogP contribution is -2.59. The predicted molar refractivity (Wildman–Crippen MR) is 140 cm³/mol. The van der Waals surface area contributed by atoms with Crippen LogP contribution in [-0.4, -0.2) is 57.8 Å². The Labute approximate surface area is 225 Å². The van der Waals surface area contributed by atoms with E-state index in [9.17, 15) is 14.9 Å². The molecule has 11 heteroatoms. The molecule has 3 aromatic heterocycles. The van der Waals surface area contributed by atoms with Gasteiger partial charge in [0.05, 0.1) is 65.2 Å². The zero-order valence-electron chi connectivity index (χ0n) is 21.4. The van der Waals surface area contributed by atoms with E-state index in [0.29, 0.717) is 35.7 Å². The maximum Gasteiger partial charge on any atom is 0.255 e. The number of nitrogens with zero attached hydrogens (tertiary/aromatic N) is 5. The van der Waals surface area contributed by atoms with Gasteiger partial charge < -0.3 is 20.7 Å². The smallest absolute Gasteiger partial charge is 0.255 e. The summed E-state index contributed by atoms with van der Waals surface area (Å²) in [6.07, 6.45) is 7.80. The Balaban J connectivity index is 1.29. The zero-order valence-corrected chi connectivity index (χ0v) is 21.4. The van der Waals surface area contributed by atoms with Gasteiger partial charge in [-0.2, -0.15) is 15.6 Å². The van der Waals surface area contributed by atoms with Crippen LogP contribution in [0.15, 0.2) is 36.7 Å². The molecule has 0 radical (unpaired) electrons. The quantitative estimate of drug-likeness (QED) is 0.398. The zero-order chi connectivity index (χ0) is 27.0. The standard InChI is InChI=1S/C28H28N8O3/c29-9-10-31-25(37)21-15-32-23(24-2-1-20-11-18(13-30)14-33-36(20)24)12-22(21)35-28-6-3-27(4-7-28,5-8-28)26(38)34-19-16-39-17-19/h1-2,11-12,14-15,19H,3-8,10,16-17H2,(H,31,37)(H,32,35)(H,34,38). The third-order valence-electron chi connectivity index (χ3n) is 8.47. The number of nitrogens with one attached hydrogen (secondary N) is 3. The molecule has 0 atom stereocenters. The number of amides is 2. The maximum absolute atomic E-state index is 13.1. The van der Waals surface area contributed by atoms with Gasteiger partial charge in [-0.3, -0.25) is 14.6 Å². The van der Waals surface area contributed by atoms with Gasteiger partial charge in [-0.05, 0) is 62.8 Å². The Kier molecular flexibility index (Phi) is 6.16. The molecule has 4 fully saturated rings. The highest BCUT2D eigenvalue weighted by Crippen LogP contribution is 2.54. The molecule has 198 valence electrons. The average molecular weight is 525 g/mol. The molecule has 0 unspecified atom stereocenters. The van der Waals surface area contributed by atoms with Gasteiger partial charge in [0.25, 0.3) is 5.91 Å². The summed E-state index contributed by atoms with van der Waals surface area (Å²) in [5, 5.41) is 32.0. The molecule has 11 nitrogen and oxygen atoms in total. The number of nitriles is 2. The lowest BCUT2D eigenvalue weighted by molar-refractivity contribution is -0.141. The predicted octanol–water partition coefficient (Wildman–Crippen LogP) is 2.54. The Morgan fingerprint density at radius 2 is 1.85 bits per heavy atom. The first kappa shape index (κ1) is 24.8. The summed E-state index contributed by atoms with van der Waals surface area (Å²) in [4.78, 5) is 30.6. The van der Waals surface area contributed by atoms with Gasteiger partial charge in [0, 0.05) is 17.2 Å². The molecule has 3 N–H and O–H groups in total. The number of ether oxygens (including phenoxy) is 1. The van der Waals surface area contributed by atoms with Crippen molar-refractivity contribution < 1.29 is 14.3 Å². The number of anilines is 1. The van der Waals surface area contributed by atoms with Crippen molar-refractivity contribution >= 4 is 23.0 Å². The van der Waals surface area contributed by atoms with Crippen LogP contribution in [0.2, 0.25) is 0 Å². The number of hydrogen-bond acceptors (Lipinski definition) is 8. The molecule has 3 aromatic rings. The van der Waals surface area contributed by atoms with Crippen LogP contribution in [0, 0.1) is 28.1 Å². The summed E-state index contributed by atoms with van der Waals surface area (Å²) in [5.74, 6) is -0.242. The number of hydrogen-bond donors (Lipinski definition) is 3. The van der Waals surface area contributed by atoms with Crippen LogP contribution in [0.4, 0.5) is 5.69 Å². The largest absolute Gasteiger partial charge is 0.379 e. The number of aromatic nitrogens is 3.